The molecule has 0 bridgehead atoms. The Balaban J connectivity index is 2.42. The third-order valence-electron chi connectivity index (χ3n) is 2.60. The predicted molar refractivity (Wildman–Crippen MR) is 64.2 cm³/mol. The number of nitrogens with zero attached hydrogens (tertiary/aromatic N) is 1. The minimum atomic E-state index is 0.709. The molecule has 0 fully saturated rings. The van der Waals surface area contributed by atoms with Gasteiger partial charge in [-0.1, -0.05) is 18.2 Å². The van der Waals surface area contributed by atoms with Gasteiger partial charge in [0, 0.05) is 12.1 Å². The van der Waals surface area contributed by atoms with Crippen LogP contribution in [0, 0.1) is 13.8 Å². The highest BCUT2D eigenvalue weighted by Gasteiger charge is 2.11. The Labute approximate surface area is 95.5 Å². The van der Waals surface area contributed by atoms with Crippen LogP contribution >= 0.6 is 0 Å². The highest BCUT2D eigenvalue weighted by molar-refractivity contribution is 5.63. The molecule has 1 N–H and O–H groups in total. The maximum atomic E-state index is 5.51. The van der Waals surface area contributed by atoms with E-state index in [4.69, 9.17) is 4.42 Å². The Bertz CT molecular complexity index is 468. The van der Waals surface area contributed by atoms with Crippen molar-refractivity contribution in [3.63, 3.8) is 0 Å². The Kier molecular flexibility index (Phi) is 3.06. The van der Waals surface area contributed by atoms with Gasteiger partial charge in [-0.25, -0.2) is 4.98 Å². The molecule has 16 heavy (non-hydrogen) atoms. The molecule has 0 saturated carbocycles. The first-order valence-electron chi connectivity index (χ1n) is 5.38. The summed E-state index contributed by atoms with van der Waals surface area (Å²) in [5.74, 6) is 0.709. The summed E-state index contributed by atoms with van der Waals surface area (Å²) in [6, 6.07) is 6.19. The van der Waals surface area contributed by atoms with E-state index < -0.39 is 0 Å². The third kappa shape index (κ3) is 1.99. The van der Waals surface area contributed by atoms with Gasteiger partial charge in [-0.15, -0.1) is 0 Å². The molecule has 0 saturated heterocycles. The summed E-state index contributed by atoms with van der Waals surface area (Å²) in [4.78, 5) is 4.46. The summed E-state index contributed by atoms with van der Waals surface area (Å²) in [5.41, 5.74) is 4.42. The Morgan fingerprint density at radius 1 is 1.25 bits per heavy atom. The molecule has 2 rings (SSSR count). The first-order valence-corrected chi connectivity index (χ1v) is 5.38. The van der Waals surface area contributed by atoms with Crippen molar-refractivity contribution in [1.82, 2.24) is 10.3 Å². The van der Waals surface area contributed by atoms with Crippen molar-refractivity contribution in [2.75, 3.05) is 7.05 Å². The van der Waals surface area contributed by atoms with E-state index >= 15 is 0 Å². The maximum absolute atomic E-state index is 5.51. The second-order valence-corrected chi connectivity index (χ2v) is 3.94. The average Bonchev–Trinajstić information content (AvgIpc) is 2.67. The van der Waals surface area contributed by atoms with Crippen molar-refractivity contribution in [2.24, 2.45) is 0 Å². The van der Waals surface area contributed by atoms with Crippen molar-refractivity contribution in [3.8, 4) is 11.5 Å². The molecule has 3 nitrogen and oxygen atoms in total. The number of hydrogen-bond donors (Lipinski definition) is 1. The van der Waals surface area contributed by atoms with Gasteiger partial charge in [0.1, 0.15) is 6.26 Å². The predicted octanol–water partition coefficient (Wildman–Crippen LogP) is 2.68. The normalized spacial score (nSPS) is 10.7. The van der Waals surface area contributed by atoms with E-state index in [0.29, 0.717) is 5.89 Å². The summed E-state index contributed by atoms with van der Waals surface area (Å²) in [5, 5.41) is 3.06. The minimum Gasteiger partial charge on any atom is -0.444 e. The van der Waals surface area contributed by atoms with Crippen LogP contribution in [-0.2, 0) is 6.54 Å². The Hall–Kier alpha value is -1.61. The van der Waals surface area contributed by atoms with Gasteiger partial charge in [0.2, 0.25) is 5.89 Å². The van der Waals surface area contributed by atoms with E-state index in [1.807, 2.05) is 13.1 Å². The second-order valence-electron chi connectivity index (χ2n) is 3.94. The van der Waals surface area contributed by atoms with Crippen LogP contribution in [0.25, 0.3) is 11.5 Å². The molecule has 0 radical (unpaired) electrons. The molecule has 0 atom stereocenters. The van der Waals surface area contributed by atoms with Crippen LogP contribution in [0.15, 0.2) is 28.9 Å². The molecule has 1 aromatic heterocycles. The monoisotopic (exact) mass is 216 g/mol. The number of rotatable bonds is 3. The van der Waals surface area contributed by atoms with Crippen molar-refractivity contribution in [1.29, 1.82) is 0 Å². The molecule has 0 aliphatic carbocycles. The number of aromatic nitrogens is 1. The summed E-state index contributed by atoms with van der Waals surface area (Å²) >= 11 is 0. The van der Waals surface area contributed by atoms with E-state index in [0.717, 1.165) is 17.8 Å². The number of oxazole rings is 1. The molecular formula is C13H16N2O. The average molecular weight is 216 g/mol. The number of nitrogens with one attached hydrogen (secondary N) is 1. The van der Waals surface area contributed by atoms with Crippen LogP contribution in [0.2, 0.25) is 0 Å². The van der Waals surface area contributed by atoms with E-state index in [2.05, 4.69) is 36.3 Å². The molecule has 2 aromatic rings. The highest BCUT2D eigenvalue weighted by Crippen LogP contribution is 2.26. The van der Waals surface area contributed by atoms with E-state index in [-0.39, 0.29) is 0 Å². The standard InChI is InChI=1S/C13H16N2O/c1-9-5-4-6-10(2)12(9)13-15-11(7-14-3)8-16-13/h4-6,8,14H,7H2,1-3H3. The summed E-state index contributed by atoms with van der Waals surface area (Å²) in [6.07, 6.45) is 1.71. The quantitative estimate of drug-likeness (QED) is 0.857. The van der Waals surface area contributed by atoms with Gasteiger partial charge >= 0.3 is 0 Å². The van der Waals surface area contributed by atoms with Gasteiger partial charge in [-0.3, -0.25) is 0 Å². The molecule has 0 aliphatic rings. The summed E-state index contributed by atoms with van der Waals surface area (Å²) < 4.78 is 5.51. The summed E-state index contributed by atoms with van der Waals surface area (Å²) in [7, 11) is 1.90. The number of hydrogen-bond acceptors (Lipinski definition) is 3. The minimum absolute atomic E-state index is 0.709. The van der Waals surface area contributed by atoms with Crippen LogP contribution < -0.4 is 5.32 Å². The van der Waals surface area contributed by atoms with Gasteiger partial charge in [-0.2, -0.15) is 0 Å². The maximum Gasteiger partial charge on any atom is 0.226 e. The zero-order valence-electron chi connectivity index (χ0n) is 9.87. The second kappa shape index (κ2) is 4.49. The van der Waals surface area contributed by atoms with Gasteiger partial charge in [0.15, 0.2) is 0 Å². The fourth-order valence-electron chi connectivity index (χ4n) is 1.84. The van der Waals surface area contributed by atoms with E-state index in [1.54, 1.807) is 6.26 Å². The SMILES string of the molecule is CNCc1coc(-c2c(C)cccc2C)n1. The highest BCUT2D eigenvalue weighted by atomic mass is 16.3. The van der Waals surface area contributed by atoms with Gasteiger partial charge in [0.25, 0.3) is 0 Å². The molecule has 3 heteroatoms. The zero-order chi connectivity index (χ0) is 11.5. The first-order chi connectivity index (χ1) is 7.72. The fraction of sp³-hybridized carbons (Fsp3) is 0.308. The first kappa shape index (κ1) is 10.9. The Morgan fingerprint density at radius 3 is 2.56 bits per heavy atom. The Morgan fingerprint density at radius 2 is 1.94 bits per heavy atom. The largest absolute Gasteiger partial charge is 0.444 e. The lowest BCUT2D eigenvalue weighted by Crippen LogP contribution is -2.05. The lowest BCUT2D eigenvalue weighted by Gasteiger charge is -2.04. The lowest BCUT2D eigenvalue weighted by atomic mass is 10.0. The third-order valence-corrected chi connectivity index (χ3v) is 2.60. The summed E-state index contributed by atoms with van der Waals surface area (Å²) in [6.45, 7) is 4.88. The molecule has 84 valence electrons. The molecule has 0 amide bonds. The number of aryl methyl sites for hydroxylation is 2. The molecule has 1 aromatic carbocycles. The molecular weight excluding hydrogens is 200 g/mol. The lowest BCUT2D eigenvalue weighted by molar-refractivity contribution is 0.570. The van der Waals surface area contributed by atoms with Crippen LogP contribution in [0.3, 0.4) is 0 Å². The van der Waals surface area contributed by atoms with E-state index in [1.165, 1.54) is 11.1 Å². The molecule has 0 unspecified atom stereocenters. The van der Waals surface area contributed by atoms with Crippen LogP contribution in [0.4, 0.5) is 0 Å². The van der Waals surface area contributed by atoms with Crippen molar-refractivity contribution in [2.45, 2.75) is 20.4 Å². The van der Waals surface area contributed by atoms with Gasteiger partial charge in [-0.05, 0) is 32.0 Å². The molecule has 0 spiro atoms. The fourth-order valence-corrected chi connectivity index (χ4v) is 1.84. The topological polar surface area (TPSA) is 38.1 Å². The van der Waals surface area contributed by atoms with Crippen molar-refractivity contribution < 1.29 is 4.42 Å². The molecule has 0 aliphatic heterocycles. The van der Waals surface area contributed by atoms with Crippen LogP contribution in [0.1, 0.15) is 16.8 Å². The smallest absolute Gasteiger partial charge is 0.226 e. The van der Waals surface area contributed by atoms with Crippen LogP contribution in [-0.4, -0.2) is 12.0 Å². The van der Waals surface area contributed by atoms with Gasteiger partial charge in [0.05, 0.1) is 5.69 Å². The van der Waals surface area contributed by atoms with Crippen molar-refractivity contribution in [3.05, 3.63) is 41.3 Å². The van der Waals surface area contributed by atoms with Gasteiger partial charge < -0.3 is 9.73 Å². The molecule has 1 heterocycles. The zero-order valence-corrected chi connectivity index (χ0v) is 9.87. The number of benzene rings is 1. The van der Waals surface area contributed by atoms with Crippen molar-refractivity contribution >= 4 is 0 Å². The van der Waals surface area contributed by atoms with Crippen LogP contribution in [0.5, 0.6) is 0 Å². The van der Waals surface area contributed by atoms with E-state index in [9.17, 15) is 0 Å².